The van der Waals surface area contributed by atoms with Gasteiger partial charge in [-0.05, 0) is 25.8 Å². The quantitative estimate of drug-likeness (QED) is 0.424. The van der Waals surface area contributed by atoms with Crippen LogP contribution < -0.4 is 10.5 Å². The molecule has 2 aromatic rings. The van der Waals surface area contributed by atoms with Gasteiger partial charge in [0.15, 0.2) is 5.69 Å². The second-order valence-corrected chi connectivity index (χ2v) is 7.38. The molecule has 1 aliphatic heterocycles. The van der Waals surface area contributed by atoms with E-state index in [1.54, 1.807) is 0 Å². The van der Waals surface area contributed by atoms with Crippen LogP contribution in [0.25, 0.3) is 11.6 Å². The number of halogens is 6. The zero-order valence-electron chi connectivity index (χ0n) is 16.3. The first-order valence-corrected chi connectivity index (χ1v) is 9.17. The van der Waals surface area contributed by atoms with Crippen molar-refractivity contribution >= 4 is 5.69 Å². The lowest BCUT2D eigenvalue weighted by atomic mass is 9.92. The number of ether oxygens (including phenoxy) is 1. The first-order valence-electron chi connectivity index (χ1n) is 9.17. The summed E-state index contributed by atoms with van der Waals surface area (Å²) in [5.41, 5.74) is -0.754. The molecule has 15 heteroatoms. The van der Waals surface area contributed by atoms with Gasteiger partial charge >= 0.3 is 12.4 Å². The first-order chi connectivity index (χ1) is 14.6. The average Bonchev–Trinajstić information content (AvgIpc) is 3.14. The van der Waals surface area contributed by atoms with Gasteiger partial charge in [0, 0.05) is 6.42 Å². The molecule has 3 rings (SSSR count). The van der Waals surface area contributed by atoms with Gasteiger partial charge in [0.2, 0.25) is 11.5 Å². The number of rotatable bonds is 0. The van der Waals surface area contributed by atoms with Crippen molar-refractivity contribution in [2.45, 2.75) is 62.5 Å². The van der Waals surface area contributed by atoms with E-state index in [2.05, 4.69) is 15.2 Å². The minimum atomic E-state index is -5.33. The third kappa shape index (κ3) is 4.45. The molecule has 0 fully saturated rings. The summed E-state index contributed by atoms with van der Waals surface area (Å²) in [6.45, 7) is 1.26. The predicted molar refractivity (Wildman–Crippen MR) is 92.8 cm³/mol. The maximum Gasteiger partial charge on any atom is 0.426 e. The number of aliphatic hydroxyl groups is 3. The Morgan fingerprint density at radius 1 is 1.12 bits per heavy atom. The van der Waals surface area contributed by atoms with Gasteiger partial charge in [-0.25, -0.2) is 4.98 Å². The highest BCUT2D eigenvalue weighted by Gasteiger charge is 2.59. The zero-order valence-corrected chi connectivity index (χ0v) is 16.3. The van der Waals surface area contributed by atoms with Crippen LogP contribution in [0.3, 0.4) is 0 Å². The fourth-order valence-corrected chi connectivity index (χ4v) is 3.12. The van der Waals surface area contributed by atoms with E-state index in [0.717, 1.165) is 0 Å². The number of hydrogen-bond donors (Lipinski definition) is 4. The number of nitrogens with two attached hydrogens (primary N) is 1. The minimum absolute atomic E-state index is 0.432. The highest BCUT2D eigenvalue weighted by Crippen LogP contribution is 2.44. The van der Waals surface area contributed by atoms with Crippen LogP contribution >= 0.6 is 0 Å². The van der Waals surface area contributed by atoms with Crippen molar-refractivity contribution in [2.24, 2.45) is 0 Å². The van der Waals surface area contributed by atoms with Crippen LogP contribution in [0.5, 0.6) is 5.88 Å². The number of aliphatic hydroxyl groups excluding tert-OH is 2. The van der Waals surface area contributed by atoms with Crippen molar-refractivity contribution in [3.63, 3.8) is 0 Å². The second-order valence-electron chi connectivity index (χ2n) is 7.38. The number of hydrogen-bond acceptors (Lipinski definition) is 9. The molecule has 3 unspecified atom stereocenters. The Hall–Kier alpha value is -2.65. The summed E-state index contributed by atoms with van der Waals surface area (Å²) >= 11 is 0. The molecule has 0 spiro atoms. The van der Waals surface area contributed by atoms with Crippen molar-refractivity contribution < 1.29 is 50.8 Å². The standard InChI is InChI=1S/C17H18F6N4O5/c1-6-4-10(29)9(28)2-3-15(30,17(21,22)23)14-27-26-13(32-14)11-8(24)5-7(16(18,19)20)12(25-11)31-6/h5-6,9-10,28-30H,2-4,24H2,1H3/t6-,9?,10?,15?/m1/s1. The molecule has 178 valence electrons. The number of aromatic nitrogens is 3. The Labute approximate surface area is 175 Å². The van der Waals surface area contributed by atoms with Crippen LogP contribution in [0.2, 0.25) is 0 Å². The molecule has 0 aliphatic carbocycles. The smallest absolute Gasteiger partial charge is 0.426 e. The number of pyridine rings is 1. The van der Waals surface area contributed by atoms with Crippen LogP contribution in [0.4, 0.5) is 32.0 Å². The molecule has 9 nitrogen and oxygen atoms in total. The fourth-order valence-electron chi connectivity index (χ4n) is 3.12. The summed E-state index contributed by atoms with van der Waals surface area (Å²) in [4.78, 5) is 3.61. The summed E-state index contributed by atoms with van der Waals surface area (Å²) in [6, 6.07) is 0.432. The Morgan fingerprint density at radius 2 is 1.78 bits per heavy atom. The molecule has 4 atom stereocenters. The minimum Gasteiger partial charge on any atom is -0.474 e. The predicted octanol–water partition coefficient (Wildman–Crippen LogP) is 2.16. The Kier molecular flexibility index (Phi) is 6.03. The first kappa shape index (κ1) is 24.0. The third-order valence-electron chi connectivity index (χ3n) is 4.91. The van der Waals surface area contributed by atoms with E-state index in [1.807, 2.05) is 0 Å². The number of alkyl halides is 6. The highest BCUT2D eigenvalue weighted by atomic mass is 19.4. The number of anilines is 1. The van der Waals surface area contributed by atoms with E-state index in [4.69, 9.17) is 14.9 Å². The highest BCUT2D eigenvalue weighted by molar-refractivity contribution is 5.68. The summed E-state index contributed by atoms with van der Waals surface area (Å²) in [6.07, 6.45) is -17.3. The molecule has 0 amide bonds. The Morgan fingerprint density at radius 3 is 2.38 bits per heavy atom. The van der Waals surface area contributed by atoms with Crippen molar-refractivity contribution in [1.29, 1.82) is 0 Å². The van der Waals surface area contributed by atoms with Crippen LogP contribution in [0.1, 0.15) is 37.6 Å². The molecule has 0 radical (unpaired) electrons. The van der Waals surface area contributed by atoms with E-state index in [9.17, 15) is 41.7 Å². The van der Waals surface area contributed by atoms with Crippen LogP contribution in [-0.4, -0.2) is 55.0 Å². The van der Waals surface area contributed by atoms with E-state index in [-0.39, 0.29) is 0 Å². The SMILES string of the molecule is C[C@@H]1CC(O)C(O)CCC(O)(C(F)(F)F)c2nnc(o2)-c2nc(c(C(F)(F)F)cc2N)O1. The molecule has 0 saturated carbocycles. The molecule has 4 bridgehead atoms. The maximum absolute atomic E-state index is 13.6. The van der Waals surface area contributed by atoms with Gasteiger partial charge in [-0.2, -0.15) is 26.3 Å². The van der Waals surface area contributed by atoms with E-state index in [1.165, 1.54) is 6.92 Å². The van der Waals surface area contributed by atoms with Crippen molar-refractivity contribution in [3.8, 4) is 17.5 Å². The lowest BCUT2D eigenvalue weighted by Gasteiger charge is -2.29. The van der Waals surface area contributed by atoms with Gasteiger partial charge in [-0.3, -0.25) is 0 Å². The summed E-state index contributed by atoms with van der Waals surface area (Å²) < 4.78 is 91.3. The maximum atomic E-state index is 13.6. The summed E-state index contributed by atoms with van der Waals surface area (Å²) in [5, 5.41) is 36.9. The molecule has 32 heavy (non-hydrogen) atoms. The van der Waals surface area contributed by atoms with E-state index < -0.39 is 90.1 Å². The topological polar surface area (TPSA) is 148 Å². The largest absolute Gasteiger partial charge is 0.474 e. The average molecular weight is 472 g/mol. The van der Waals surface area contributed by atoms with Crippen LogP contribution in [0, 0.1) is 0 Å². The van der Waals surface area contributed by atoms with Gasteiger partial charge in [0.1, 0.15) is 11.7 Å². The summed E-state index contributed by atoms with van der Waals surface area (Å²) in [7, 11) is 0. The normalized spacial score (nSPS) is 27.5. The van der Waals surface area contributed by atoms with Gasteiger partial charge in [-0.1, -0.05) is 0 Å². The summed E-state index contributed by atoms with van der Waals surface area (Å²) in [5.74, 6) is -3.13. The Balaban J connectivity index is 2.21. The molecule has 0 aromatic carbocycles. The van der Waals surface area contributed by atoms with E-state index >= 15 is 0 Å². The monoisotopic (exact) mass is 472 g/mol. The third-order valence-corrected chi connectivity index (χ3v) is 4.91. The van der Waals surface area contributed by atoms with Crippen molar-refractivity contribution in [2.75, 3.05) is 5.73 Å². The fraction of sp³-hybridized carbons (Fsp3) is 0.588. The lowest BCUT2D eigenvalue weighted by Crippen LogP contribution is -2.44. The molecular formula is C17H18F6N4O5. The van der Waals surface area contributed by atoms with Crippen LogP contribution in [-0.2, 0) is 11.8 Å². The molecule has 1 aliphatic rings. The lowest BCUT2D eigenvalue weighted by molar-refractivity contribution is -0.278. The number of nitrogens with zero attached hydrogens (tertiary/aromatic N) is 3. The molecule has 3 heterocycles. The van der Waals surface area contributed by atoms with Gasteiger partial charge < -0.3 is 30.2 Å². The van der Waals surface area contributed by atoms with Gasteiger partial charge in [-0.15, -0.1) is 10.2 Å². The van der Waals surface area contributed by atoms with Gasteiger partial charge in [0.05, 0.1) is 17.9 Å². The number of fused-ring (bicyclic) bond motifs is 5. The van der Waals surface area contributed by atoms with Crippen molar-refractivity contribution in [3.05, 3.63) is 17.5 Å². The van der Waals surface area contributed by atoms with Crippen molar-refractivity contribution in [1.82, 2.24) is 15.2 Å². The molecule has 2 aromatic heterocycles. The van der Waals surface area contributed by atoms with Gasteiger partial charge in [0.25, 0.3) is 11.8 Å². The van der Waals surface area contributed by atoms with Crippen LogP contribution in [0.15, 0.2) is 10.5 Å². The molecule has 5 N–H and O–H groups in total. The number of nitrogen functional groups attached to an aromatic ring is 1. The van der Waals surface area contributed by atoms with E-state index in [0.29, 0.717) is 6.07 Å². The Bertz CT molecular complexity index is 981. The molecule has 0 saturated heterocycles. The molecular weight excluding hydrogens is 454 g/mol. The zero-order chi connectivity index (χ0) is 24.1. The second kappa shape index (κ2) is 8.04.